The molecule has 30 heavy (non-hydrogen) atoms. The number of rotatable bonds is 5. The summed E-state index contributed by atoms with van der Waals surface area (Å²) in [6.07, 6.45) is 7.51. The predicted octanol–water partition coefficient (Wildman–Crippen LogP) is 4.59. The number of anilines is 1. The number of fused-ring (bicyclic) bond motifs is 1. The van der Waals surface area contributed by atoms with Gasteiger partial charge in [-0.15, -0.1) is 0 Å². The van der Waals surface area contributed by atoms with E-state index in [9.17, 15) is 9.18 Å². The number of nitrogens with zero attached hydrogens (tertiary/aromatic N) is 3. The third kappa shape index (κ3) is 3.68. The molecule has 152 valence electrons. The lowest BCUT2D eigenvalue weighted by atomic mass is 10.1. The maximum atomic E-state index is 14.0. The van der Waals surface area contributed by atoms with Gasteiger partial charge in [0, 0.05) is 11.5 Å². The first-order chi connectivity index (χ1) is 14.7. The lowest BCUT2D eigenvalue weighted by molar-refractivity contribution is -0.115. The number of carbonyl (C=O) groups is 1. The summed E-state index contributed by atoms with van der Waals surface area (Å²) in [6.45, 7) is 0. The molecule has 0 spiro atoms. The van der Waals surface area contributed by atoms with Gasteiger partial charge in [-0.25, -0.2) is 19.3 Å². The van der Waals surface area contributed by atoms with Crippen molar-refractivity contribution in [2.45, 2.75) is 38.0 Å². The highest BCUT2D eigenvalue weighted by molar-refractivity contribution is 5.97. The molecule has 2 N–H and O–H groups in total. The van der Waals surface area contributed by atoms with E-state index in [4.69, 9.17) is 4.42 Å². The number of nitrogens with one attached hydrogen (secondary N) is 2. The molecule has 1 aliphatic carbocycles. The van der Waals surface area contributed by atoms with Crippen molar-refractivity contribution in [2.24, 2.45) is 0 Å². The second kappa shape index (κ2) is 7.70. The van der Waals surface area contributed by atoms with Gasteiger partial charge in [-0.1, -0.05) is 12.8 Å². The number of carbonyl (C=O) groups excluding carboxylic acids is 1. The molecule has 1 amide bonds. The lowest BCUT2D eigenvalue weighted by Gasteiger charge is -2.07. The molecule has 0 unspecified atom stereocenters. The van der Waals surface area contributed by atoms with Crippen LogP contribution in [-0.2, 0) is 11.2 Å². The monoisotopic (exact) mass is 405 g/mol. The van der Waals surface area contributed by atoms with Crippen molar-refractivity contribution >= 4 is 22.9 Å². The number of halogens is 1. The highest BCUT2D eigenvalue weighted by atomic mass is 19.1. The highest BCUT2D eigenvalue weighted by Crippen LogP contribution is 2.33. The fraction of sp³-hybridized carbons (Fsp3) is 0.273. The Morgan fingerprint density at radius 1 is 1.23 bits per heavy atom. The fourth-order valence-electron chi connectivity index (χ4n) is 4.03. The van der Waals surface area contributed by atoms with E-state index in [1.54, 1.807) is 18.2 Å². The Balaban J connectivity index is 1.36. The van der Waals surface area contributed by atoms with Crippen LogP contribution >= 0.6 is 0 Å². The zero-order valence-electron chi connectivity index (χ0n) is 16.2. The number of aromatic nitrogens is 4. The van der Waals surface area contributed by atoms with Crippen LogP contribution in [0.25, 0.3) is 22.5 Å². The second-order valence-corrected chi connectivity index (χ2v) is 7.57. The molecular formula is C22H20FN5O2. The minimum Gasteiger partial charge on any atom is -0.464 e. The van der Waals surface area contributed by atoms with Crippen molar-refractivity contribution in [2.75, 3.05) is 5.32 Å². The molecule has 0 atom stereocenters. The Bertz CT molecular complexity index is 1200. The fourth-order valence-corrected chi connectivity index (χ4v) is 4.03. The maximum Gasteiger partial charge on any atom is 0.230 e. The van der Waals surface area contributed by atoms with Crippen LogP contribution in [0, 0.1) is 5.82 Å². The van der Waals surface area contributed by atoms with Gasteiger partial charge in [-0.2, -0.15) is 0 Å². The van der Waals surface area contributed by atoms with Crippen LogP contribution in [0.5, 0.6) is 0 Å². The SMILES string of the molecule is O=C(Cc1cc(F)cc(-c2ccco2)c1)Nc1ncnc2nc(C3CCCC3)[nH]c12. The van der Waals surface area contributed by atoms with Crippen LogP contribution in [0.2, 0.25) is 0 Å². The number of benzene rings is 1. The van der Waals surface area contributed by atoms with E-state index in [1.165, 1.54) is 37.6 Å². The van der Waals surface area contributed by atoms with Crippen molar-refractivity contribution in [3.63, 3.8) is 0 Å². The number of imidazole rings is 1. The average Bonchev–Trinajstić information content (AvgIpc) is 3.47. The number of H-pyrrole nitrogens is 1. The van der Waals surface area contributed by atoms with E-state index < -0.39 is 5.82 Å². The van der Waals surface area contributed by atoms with Gasteiger partial charge >= 0.3 is 0 Å². The summed E-state index contributed by atoms with van der Waals surface area (Å²) in [6, 6.07) is 7.94. The van der Waals surface area contributed by atoms with Crippen LogP contribution in [0.4, 0.5) is 10.2 Å². The van der Waals surface area contributed by atoms with Crippen LogP contribution < -0.4 is 5.32 Å². The van der Waals surface area contributed by atoms with Gasteiger partial charge in [0.05, 0.1) is 12.7 Å². The molecule has 0 bridgehead atoms. The molecular weight excluding hydrogens is 385 g/mol. The van der Waals surface area contributed by atoms with Crippen LogP contribution in [-0.4, -0.2) is 25.8 Å². The average molecular weight is 405 g/mol. The van der Waals surface area contributed by atoms with Gasteiger partial charge in [0.25, 0.3) is 0 Å². The smallest absolute Gasteiger partial charge is 0.230 e. The molecule has 3 aromatic heterocycles. The summed E-state index contributed by atoms with van der Waals surface area (Å²) in [7, 11) is 0. The van der Waals surface area contributed by atoms with Crippen molar-refractivity contribution < 1.29 is 13.6 Å². The Hall–Kier alpha value is -3.55. The van der Waals surface area contributed by atoms with Crippen molar-refractivity contribution in [3.05, 3.63) is 60.1 Å². The molecule has 0 saturated heterocycles. The largest absolute Gasteiger partial charge is 0.464 e. The first-order valence-corrected chi connectivity index (χ1v) is 9.99. The molecule has 0 aliphatic heterocycles. The number of furan rings is 1. The van der Waals surface area contributed by atoms with Crippen LogP contribution in [0.1, 0.15) is 43.0 Å². The molecule has 1 saturated carbocycles. The lowest BCUT2D eigenvalue weighted by Crippen LogP contribution is -2.16. The summed E-state index contributed by atoms with van der Waals surface area (Å²) < 4.78 is 19.4. The number of aromatic amines is 1. The van der Waals surface area contributed by atoms with Gasteiger partial charge in [0.1, 0.15) is 29.2 Å². The summed E-state index contributed by atoms with van der Waals surface area (Å²) in [5.74, 6) is 1.49. The third-order valence-electron chi connectivity index (χ3n) is 5.43. The zero-order chi connectivity index (χ0) is 20.5. The molecule has 4 aromatic rings. The summed E-state index contributed by atoms with van der Waals surface area (Å²) in [5, 5.41) is 2.80. The highest BCUT2D eigenvalue weighted by Gasteiger charge is 2.22. The van der Waals surface area contributed by atoms with Gasteiger partial charge in [-0.05, 0) is 48.7 Å². The van der Waals surface area contributed by atoms with Crippen molar-refractivity contribution in [1.82, 2.24) is 19.9 Å². The van der Waals surface area contributed by atoms with Crippen molar-refractivity contribution in [3.8, 4) is 11.3 Å². The van der Waals surface area contributed by atoms with Gasteiger partial charge in [0.2, 0.25) is 5.91 Å². The number of amides is 1. The molecule has 0 radical (unpaired) electrons. The standard InChI is InChI=1S/C22H20FN5O2/c23-16-9-13(8-15(11-16)17-6-3-7-30-17)10-18(29)26-21-19-22(25-12-24-21)28-20(27-19)14-4-1-2-5-14/h3,6-9,11-12,14H,1-2,4-5,10H2,(H2,24,25,26,27,28,29). The molecule has 1 aromatic carbocycles. The second-order valence-electron chi connectivity index (χ2n) is 7.57. The van der Waals surface area contributed by atoms with Gasteiger partial charge in [0.15, 0.2) is 11.5 Å². The summed E-state index contributed by atoms with van der Waals surface area (Å²) in [5.41, 5.74) is 2.28. The van der Waals surface area contributed by atoms with E-state index in [1.807, 2.05) is 0 Å². The van der Waals surface area contributed by atoms with Gasteiger partial charge in [-0.3, -0.25) is 4.79 Å². The van der Waals surface area contributed by atoms with Crippen LogP contribution in [0.15, 0.2) is 47.3 Å². The van der Waals surface area contributed by atoms with E-state index in [0.717, 1.165) is 18.7 Å². The summed E-state index contributed by atoms with van der Waals surface area (Å²) in [4.78, 5) is 28.9. The molecule has 3 heterocycles. The Labute approximate surface area is 171 Å². The molecule has 1 aliphatic rings. The number of hydrogen-bond acceptors (Lipinski definition) is 5. The van der Waals surface area contributed by atoms with E-state index in [2.05, 4.69) is 25.3 Å². The summed E-state index contributed by atoms with van der Waals surface area (Å²) >= 11 is 0. The molecule has 7 nitrogen and oxygen atoms in total. The first-order valence-electron chi connectivity index (χ1n) is 9.99. The number of hydrogen-bond donors (Lipinski definition) is 2. The van der Waals surface area contributed by atoms with E-state index >= 15 is 0 Å². The zero-order valence-corrected chi connectivity index (χ0v) is 16.2. The third-order valence-corrected chi connectivity index (χ3v) is 5.43. The predicted molar refractivity (Wildman–Crippen MR) is 109 cm³/mol. The minimum absolute atomic E-state index is 0.000579. The van der Waals surface area contributed by atoms with E-state index in [-0.39, 0.29) is 12.3 Å². The van der Waals surface area contributed by atoms with Gasteiger partial charge < -0.3 is 14.7 Å². The first kappa shape index (κ1) is 18.5. The quantitative estimate of drug-likeness (QED) is 0.506. The molecule has 1 fully saturated rings. The van der Waals surface area contributed by atoms with Crippen molar-refractivity contribution in [1.29, 1.82) is 0 Å². The Kier molecular flexibility index (Phi) is 4.74. The topological polar surface area (TPSA) is 96.7 Å². The normalized spacial score (nSPS) is 14.4. The minimum atomic E-state index is -0.425. The van der Waals surface area contributed by atoms with Crippen LogP contribution in [0.3, 0.4) is 0 Å². The maximum absolute atomic E-state index is 14.0. The molecule has 8 heteroatoms. The Morgan fingerprint density at radius 2 is 2.10 bits per heavy atom. The molecule has 5 rings (SSSR count). The van der Waals surface area contributed by atoms with E-state index in [0.29, 0.717) is 39.8 Å². The Morgan fingerprint density at radius 3 is 2.90 bits per heavy atom.